The lowest BCUT2D eigenvalue weighted by Gasteiger charge is -2.31. The van der Waals surface area contributed by atoms with Gasteiger partial charge < -0.3 is 15.2 Å². The van der Waals surface area contributed by atoms with Gasteiger partial charge in [0.1, 0.15) is 17.6 Å². The summed E-state index contributed by atoms with van der Waals surface area (Å²) in [5.41, 5.74) is 8.13. The van der Waals surface area contributed by atoms with Gasteiger partial charge in [0.2, 0.25) is 0 Å². The number of hydrogen-bond acceptors (Lipinski definition) is 3. The van der Waals surface area contributed by atoms with E-state index in [2.05, 4.69) is 0 Å². The maximum Gasteiger partial charge on any atom is 0.127 e. The Morgan fingerprint density at radius 2 is 1.95 bits per heavy atom. The molecule has 0 fully saturated rings. The summed E-state index contributed by atoms with van der Waals surface area (Å²) < 4.78 is 11.3. The molecule has 0 aliphatic carbocycles. The Bertz CT molecular complexity index is 675. The molecule has 21 heavy (non-hydrogen) atoms. The van der Waals surface area contributed by atoms with Gasteiger partial charge in [-0.15, -0.1) is 0 Å². The second-order valence-corrected chi connectivity index (χ2v) is 5.86. The van der Waals surface area contributed by atoms with Crippen molar-refractivity contribution in [1.82, 2.24) is 0 Å². The number of fused-ring (bicyclic) bond motifs is 1. The van der Waals surface area contributed by atoms with Crippen LogP contribution in [-0.4, -0.2) is 7.11 Å². The largest absolute Gasteiger partial charge is 0.497 e. The predicted octanol–water partition coefficient (Wildman–Crippen LogP) is 4.53. The minimum absolute atomic E-state index is 0.124. The quantitative estimate of drug-likeness (QED) is 0.883. The first-order valence-corrected chi connectivity index (χ1v) is 7.39. The van der Waals surface area contributed by atoms with Crippen molar-refractivity contribution in [1.29, 1.82) is 0 Å². The third kappa shape index (κ3) is 2.82. The molecule has 2 aromatic rings. The molecule has 3 rings (SSSR count). The number of methoxy groups -OCH3 is 1. The Morgan fingerprint density at radius 3 is 2.67 bits per heavy atom. The third-order valence-corrected chi connectivity index (χ3v) is 4.23. The van der Waals surface area contributed by atoms with Crippen LogP contribution in [0, 0.1) is 0 Å². The maximum absolute atomic E-state index is 6.27. The second kappa shape index (κ2) is 5.76. The molecule has 0 saturated heterocycles. The number of rotatable bonds is 2. The van der Waals surface area contributed by atoms with E-state index in [9.17, 15) is 0 Å². The van der Waals surface area contributed by atoms with Crippen LogP contribution in [0.3, 0.4) is 0 Å². The van der Waals surface area contributed by atoms with Crippen molar-refractivity contribution in [2.75, 3.05) is 7.11 Å². The van der Waals surface area contributed by atoms with Gasteiger partial charge in [0.25, 0.3) is 0 Å². The molecule has 3 nitrogen and oxygen atoms in total. The van der Waals surface area contributed by atoms with E-state index < -0.39 is 0 Å². The molecular weight excluding hydrogens is 309 g/mol. The lowest BCUT2D eigenvalue weighted by molar-refractivity contribution is 0.161. The van der Waals surface area contributed by atoms with Crippen LogP contribution in [0.2, 0.25) is 10.0 Å². The van der Waals surface area contributed by atoms with Gasteiger partial charge in [-0.25, -0.2) is 0 Å². The van der Waals surface area contributed by atoms with Gasteiger partial charge in [-0.3, -0.25) is 0 Å². The van der Waals surface area contributed by atoms with E-state index in [0.29, 0.717) is 16.5 Å². The van der Waals surface area contributed by atoms with E-state index in [1.54, 1.807) is 19.2 Å². The molecule has 1 aliphatic rings. The van der Waals surface area contributed by atoms with Crippen molar-refractivity contribution in [3.8, 4) is 11.5 Å². The summed E-state index contributed by atoms with van der Waals surface area (Å²) >= 11 is 12.2. The number of halogens is 2. The summed E-state index contributed by atoms with van der Waals surface area (Å²) in [5, 5.41) is 1.20. The van der Waals surface area contributed by atoms with Gasteiger partial charge in [0, 0.05) is 33.6 Å². The van der Waals surface area contributed by atoms with Crippen molar-refractivity contribution in [2.24, 2.45) is 5.73 Å². The highest BCUT2D eigenvalue weighted by molar-refractivity contribution is 6.35. The van der Waals surface area contributed by atoms with E-state index in [1.165, 1.54) is 0 Å². The first-order chi connectivity index (χ1) is 10.1. The summed E-state index contributed by atoms with van der Waals surface area (Å²) in [6.07, 6.45) is 0.479. The molecule has 0 bridgehead atoms. The van der Waals surface area contributed by atoms with Gasteiger partial charge in [-0.05, 0) is 30.3 Å². The number of benzene rings is 2. The zero-order chi connectivity index (χ0) is 15.0. The van der Waals surface area contributed by atoms with Crippen molar-refractivity contribution < 1.29 is 9.47 Å². The SMILES string of the molecule is COc1ccc2c(c1)C(N)CC(c1ccc(Cl)cc1Cl)O2. The summed E-state index contributed by atoms with van der Waals surface area (Å²) in [6.45, 7) is 0. The highest BCUT2D eigenvalue weighted by Gasteiger charge is 2.28. The van der Waals surface area contributed by atoms with Crippen LogP contribution in [0.15, 0.2) is 36.4 Å². The van der Waals surface area contributed by atoms with Gasteiger partial charge in [0.15, 0.2) is 0 Å². The minimum Gasteiger partial charge on any atom is -0.497 e. The van der Waals surface area contributed by atoms with Gasteiger partial charge in [-0.2, -0.15) is 0 Å². The molecule has 1 aliphatic heterocycles. The zero-order valence-electron chi connectivity index (χ0n) is 11.5. The molecule has 0 amide bonds. The van der Waals surface area contributed by atoms with Crippen LogP contribution in [0.1, 0.15) is 29.7 Å². The molecule has 2 unspecified atom stereocenters. The summed E-state index contributed by atoms with van der Waals surface area (Å²) in [4.78, 5) is 0. The molecule has 0 spiro atoms. The molecular formula is C16H15Cl2NO2. The smallest absolute Gasteiger partial charge is 0.127 e. The third-order valence-electron chi connectivity index (χ3n) is 3.66. The van der Waals surface area contributed by atoms with Crippen LogP contribution in [0.25, 0.3) is 0 Å². The first kappa shape index (κ1) is 14.5. The summed E-state index contributed by atoms with van der Waals surface area (Å²) in [7, 11) is 1.63. The van der Waals surface area contributed by atoms with Crippen LogP contribution in [-0.2, 0) is 0 Å². The lowest BCUT2D eigenvalue weighted by atomic mass is 9.93. The van der Waals surface area contributed by atoms with E-state index in [0.717, 1.165) is 22.6 Å². The van der Waals surface area contributed by atoms with Crippen molar-refractivity contribution in [2.45, 2.75) is 18.6 Å². The molecule has 5 heteroatoms. The minimum atomic E-state index is -0.175. The fourth-order valence-electron chi connectivity index (χ4n) is 2.56. The van der Waals surface area contributed by atoms with E-state index >= 15 is 0 Å². The topological polar surface area (TPSA) is 44.5 Å². The van der Waals surface area contributed by atoms with E-state index in [4.69, 9.17) is 38.4 Å². The first-order valence-electron chi connectivity index (χ1n) is 6.63. The molecule has 0 saturated carbocycles. The molecule has 0 radical (unpaired) electrons. The summed E-state index contributed by atoms with van der Waals surface area (Å²) in [6, 6.07) is 10.9. The van der Waals surface area contributed by atoms with Crippen LogP contribution >= 0.6 is 23.2 Å². The Balaban J connectivity index is 1.94. The number of ether oxygens (including phenoxy) is 2. The Hall–Kier alpha value is -1.42. The molecule has 0 aromatic heterocycles. The molecule has 110 valence electrons. The second-order valence-electron chi connectivity index (χ2n) is 5.02. The van der Waals surface area contributed by atoms with Crippen LogP contribution < -0.4 is 15.2 Å². The Morgan fingerprint density at radius 1 is 1.14 bits per heavy atom. The molecule has 2 aromatic carbocycles. The average Bonchev–Trinajstić information content (AvgIpc) is 2.47. The highest BCUT2D eigenvalue weighted by Crippen LogP contribution is 2.42. The predicted molar refractivity (Wildman–Crippen MR) is 84.4 cm³/mol. The van der Waals surface area contributed by atoms with Crippen LogP contribution in [0.5, 0.6) is 11.5 Å². The van der Waals surface area contributed by atoms with Crippen molar-refractivity contribution in [3.63, 3.8) is 0 Å². The average molecular weight is 324 g/mol. The van der Waals surface area contributed by atoms with Gasteiger partial charge >= 0.3 is 0 Å². The fraction of sp³-hybridized carbons (Fsp3) is 0.250. The van der Waals surface area contributed by atoms with Crippen molar-refractivity contribution >= 4 is 23.2 Å². The van der Waals surface area contributed by atoms with Crippen LogP contribution in [0.4, 0.5) is 0 Å². The number of nitrogens with two attached hydrogens (primary N) is 1. The molecule has 2 atom stereocenters. The zero-order valence-corrected chi connectivity index (χ0v) is 13.0. The normalized spacial score (nSPS) is 20.6. The van der Waals surface area contributed by atoms with E-state index in [-0.39, 0.29) is 12.1 Å². The highest BCUT2D eigenvalue weighted by atomic mass is 35.5. The summed E-state index contributed by atoms with van der Waals surface area (Å²) in [5.74, 6) is 1.54. The molecule has 2 N–H and O–H groups in total. The lowest BCUT2D eigenvalue weighted by Crippen LogP contribution is -2.24. The van der Waals surface area contributed by atoms with Crippen molar-refractivity contribution in [3.05, 3.63) is 57.6 Å². The Kier molecular flexibility index (Phi) is 3.98. The molecule has 1 heterocycles. The fourth-order valence-corrected chi connectivity index (χ4v) is 3.09. The Labute approximate surface area is 133 Å². The van der Waals surface area contributed by atoms with E-state index in [1.807, 2.05) is 24.3 Å². The maximum atomic E-state index is 6.27. The standard InChI is InChI=1S/C16H15Cl2NO2/c1-20-10-3-5-15-12(7-10)14(19)8-16(21-15)11-4-2-9(17)6-13(11)18/h2-7,14,16H,8,19H2,1H3. The van der Waals surface area contributed by atoms with Gasteiger partial charge in [-0.1, -0.05) is 29.3 Å². The number of hydrogen-bond donors (Lipinski definition) is 1. The van der Waals surface area contributed by atoms with Gasteiger partial charge in [0.05, 0.1) is 7.11 Å². The monoisotopic (exact) mass is 323 g/mol.